The van der Waals surface area contributed by atoms with E-state index >= 15 is 0 Å². The third-order valence-corrected chi connectivity index (χ3v) is 2.49. The molecule has 0 aromatic heterocycles. The largest absolute Gasteiger partial charge is 0.366 e. The molecule has 1 rings (SSSR count). The zero-order valence-electron chi connectivity index (χ0n) is 7.25. The van der Waals surface area contributed by atoms with Gasteiger partial charge < -0.3 is 15.1 Å². The van der Waals surface area contributed by atoms with Crippen molar-refractivity contribution < 1.29 is 10.2 Å². The van der Waals surface area contributed by atoms with Crippen LogP contribution in [0.15, 0.2) is 0 Å². The van der Waals surface area contributed by atoms with Gasteiger partial charge in [0, 0.05) is 18.9 Å². The van der Waals surface area contributed by atoms with Gasteiger partial charge in [-0.15, -0.1) is 0 Å². The van der Waals surface area contributed by atoms with E-state index < -0.39 is 5.79 Å². The second-order valence-corrected chi connectivity index (χ2v) is 3.68. The molecule has 66 valence electrons. The van der Waals surface area contributed by atoms with Crippen LogP contribution in [0.5, 0.6) is 0 Å². The normalized spacial score (nSPS) is 25.9. The highest BCUT2D eigenvalue weighted by molar-refractivity contribution is 4.80. The van der Waals surface area contributed by atoms with E-state index in [-0.39, 0.29) is 0 Å². The number of hydrogen-bond donors (Lipinski definition) is 2. The van der Waals surface area contributed by atoms with Gasteiger partial charge >= 0.3 is 0 Å². The molecule has 3 nitrogen and oxygen atoms in total. The van der Waals surface area contributed by atoms with Gasteiger partial charge in [0.1, 0.15) is 0 Å². The van der Waals surface area contributed by atoms with Gasteiger partial charge in [-0.3, -0.25) is 0 Å². The van der Waals surface area contributed by atoms with E-state index in [9.17, 15) is 10.2 Å². The molecule has 0 atom stereocenters. The van der Waals surface area contributed by atoms with Crippen LogP contribution in [0.25, 0.3) is 0 Å². The van der Waals surface area contributed by atoms with Crippen LogP contribution in [0.4, 0.5) is 0 Å². The molecule has 0 unspecified atom stereocenters. The van der Waals surface area contributed by atoms with E-state index in [0.717, 1.165) is 12.8 Å². The highest BCUT2D eigenvalue weighted by Crippen LogP contribution is 2.27. The fraction of sp³-hybridized carbons (Fsp3) is 1.00. The molecule has 0 radical (unpaired) electrons. The quantitative estimate of drug-likeness (QED) is 0.536. The van der Waals surface area contributed by atoms with E-state index in [4.69, 9.17) is 0 Å². The minimum Gasteiger partial charge on any atom is -0.366 e. The van der Waals surface area contributed by atoms with Crippen LogP contribution in [0.2, 0.25) is 0 Å². The van der Waals surface area contributed by atoms with Gasteiger partial charge in [0.05, 0.1) is 0 Å². The zero-order valence-corrected chi connectivity index (χ0v) is 7.25. The van der Waals surface area contributed by atoms with Crippen molar-refractivity contribution >= 4 is 0 Å². The summed E-state index contributed by atoms with van der Waals surface area (Å²) in [6.45, 7) is 0. The average molecular weight is 159 g/mol. The van der Waals surface area contributed by atoms with Crippen molar-refractivity contribution in [2.45, 2.75) is 37.5 Å². The minimum atomic E-state index is -1.38. The van der Waals surface area contributed by atoms with Crippen LogP contribution in [0, 0.1) is 0 Å². The molecule has 1 aliphatic carbocycles. The Balaban J connectivity index is 2.36. The first kappa shape index (κ1) is 8.97. The summed E-state index contributed by atoms with van der Waals surface area (Å²) >= 11 is 0. The Bertz CT molecular complexity index is 124. The summed E-state index contributed by atoms with van der Waals surface area (Å²) in [7, 11) is 4.07. The molecule has 1 saturated carbocycles. The van der Waals surface area contributed by atoms with Gasteiger partial charge in [-0.05, 0) is 26.9 Å². The lowest BCUT2D eigenvalue weighted by Gasteiger charge is -2.34. The molecule has 0 aromatic carbocycles. The predicted octanol–water partition coefficient (Wildman–Crippen LogP) is 0.171. The lowest BCUT2D eigenvalue weighted by molar-refractivity contribution is -0.186. The summed E-state index contributed by atoms with van der Waals surface area (Å²) in [4.78, 5) is 2.15. The maximum absolute atomic E-state index is 9.21. The van der Waals surface area contributed by atoms with Crippen LogP contribution in [-0.2, 0) is 0 Å². The van der Waals surface area contributed by atoms with E-state index in [1.54, 1.807) is 0 Å². The molecule has 0 aliphatic heterocycles. The Morgan fingerprint density at radius 3 is 2.00 bits per heavy atom. The maximum atomic E-state index is 9.21. The topological polar surface area (TPSA) is 43.7 Å². The third kappa shape index (κ3) is 2.43. The van der Waals surface area contributed by atoms with E-state index in [0.29, 0.717) is 18.9 Å². The highest BCUT2D eigenvalue weighted by atomic mass is 16.5. The second-order valence-electron chi connectivity index (χ2n) is 3.68. The molecule has 0 heterocycles. The van der Waals surface area contributed by atoms with Crippen molar-refractivity contribution in [1.29, 1.82) is 0 Å². The first-order valence-corrected chi connectivity index (χ1v) is 4.12. The number of rotatable bonds is 1. The molecule has 0 spiro atoms. The van der Waals surface area contributed by atoms with Gasteiger partial charge in [0.2, 0.25) is 0 Å². The molecule has 0 aromatic rings. The van der Waals surface area contributed by atoms with Gasteiger partial charge in [-0.2, -0.15) is 0 Å². The first-order chi connectivity index (χ1) is 5.01. The molecule has 1 aliphatic rings. The van der Waals surface area contributed by atoms with Crippen LogP contribution in [-0.4, -0.2) is 41.0 Å². The summed E-state index contributed by atoms with van der Waals surface area (Å²) < 4.78 is 0. The van der Waals surface area contributed by atoms with Gasteiger partial charge in [-0.25, -0.2) is 0 Å². The average Bonchev–Trinajstić information content (AvgIpc) is 1.86. The van der Waals surface area contributed by atoms with Crippen LogP contribution < -0.4 is 0 Å². The smallest absolute Gasteiger partial charge is 0.162 e. The summed E-state index contributed by atoms with van der Waals surface area (Å²) in [6.07, 6.45) is 2.80. The second kappa shape index (κ2) is 3.09. The number of nitrogens with zero attached hydrogens (tertiary/aromatic N) is 1. The summed E-state index contributed by atoms with van der Waals surface area (Å²) in [6, 6.07) is 0.530. The molecule has 0 bridgehead atoms. The van der Waals surface area contributed by atoms with Gasteiger partial charge in [-0.1, -0.05) is 0 Å². The van der Waals surface area contributed by atoms with Crippen LogP contribution in [0.3, 0.4) is 0 Å². The predicted molar refractivity (Wildman–Crippen MR) is 43.1 cm³/mol. The number of hydrogen-bond acceptors (Lipinski definition) is 3. The summed E-state index contributed by atoms with van der Waals surface area (Å²) in [5, 5.41) is 18.4. The Kier molecular flexibility index (Phi) is 2.52. The molecule has 11 heavy (non-hydrogen) atoms. The lowest BCUT2D eigenvalue weighted by atomic mass is 9.90. The first-order valence-electron chi connectivity index (χ1n) is 4.12. The minimum absolute atomic E-state index is 0.510. The molecule has 0 amide bonds. The fourth-order valence-electron chi connectivity index (χ4n) is 1.58. The lowest BCUT2D eigenvalue weighted by Crippen LogP contribution is -2.40. The Hall–Kier alpha value is -0.120. The van der Waals surface area contributed by atoms with E-state index in [1.807, 2.05) is 14.1 Å². The standard InChI is InChI=1S/C8H17NO2/c1-9(2)7-3-5-8(10,11)6-4-7/h7,10-11H,3-6H2,1-2H3. The van der Waals surface area contributed by atoms with Crippen molar-refractivity contribution in [1.82, 2.24) is 4.90 Å². The summed E-state index contributed by atoms with van der Waals surface area (Å²) in [5.74, 6) is -1.38. The Morgan fingerprint density at radius 2 is 1.64 bits per heavy atom. The molecular formula is C8H17NO2. The molecule has 0 saturated heterocycles. The Morgan fingerprint density at radius 1 is 1.18 bits per heavy atom. The van der Waals surface area contributed by atoms with Gasteiger partial charge in [0.15, 0.2) is 5.79 Å². The maximum Gasteiger partial charge on any atom is 0.162 e. The number of aliphatic hydroxyl groups is 2. The molecular weight excluding hydrogens is 142 g/mol. The van der Waals surface area contributed by atoms with Crippen LogP contribution >= 0.6 is 0 Å². The van der Waals surface area contributed by atoms with Gasteiger partial charge in [0.25, 0.3) is 0 Å². The van der Waals surface area contributed by atoms with Crippen LogP contribution in [0.1, 0.15) is 25.7 Å². The fourth-order valence-corrected chi connectivity index (χ4v) is 1.58. The third-order valence-electron chi connectivity index (χ3n) is 2.49. The van der Waals surface area contributed by atoms with Crippen molar-refractivity contribution in [3.8, 4) is 0 Å². The van der Waals surface area contributed by atoms with Crippen molar-refractivity contribution in [3.05, 3.63) is 0 Å². The zero-order chi connectivity index (χ0) is 8.48. The van der Waals surface area contributed by atoms with E-state index in [2.05, 4.69) is 4.90 Å². The summed E-state index contributed by atoms with van der Waals surface area (Å²) in [5.41, 5.74) is 0. The monoisotopic (exact) mass is 159 g/mol. The van der Waals surface area contributed by atoms with Crippen molar-refractivity contribution in [2.75, 3.05) is 14.1 Å². The molecule has 1 fully saturated rings. The molecule has 3 heteroatoms. The highest BCUT2D eigenvalue weighted by Gasteiger charge is 2.31. The molecule has 2 N–H and O–H groups in total. The van der Waals surface area contributed by atoms with Crippen molar-refractivity contribution in [2.24, 2.45) is 0 Å². The SMILES string of the molecule is CN(C)C1CCC(O)(O)CC1. The Labute approximate surface area is 67.6 Å². The van der Waals surface area contributed by atoms with Crippen molar-refractivity contribution in [3.63, 3.8) is 0 Å². The van der Waals surface area contributed by atoms with E-state index in [1.165, 1.54) is 0 Å².